The van der Waals surface area contributed by atoms with Crippen LogP contribution in [0.15, 0.2) is 34.9 Å². The summed E-state index contributed by atoms with van der Waals surface area (Å²) >= 11 is 0. The van der Waals surface area contributed by atoms with Gasteiger partial charge in [-0.3, -0.25) is 9.59 Å². The first-order valence-corrected chi connectivity index (χ1v) is 15.2. The van der Waals surface area contributed by atoms with E-state index in [2.05, 4.69) is 19.0 Å². The molecule has 0 spiro atoms. The number of aromatic nitrogens is 1. The van der Waals surface area contributed by atoms with Gasteiger partial charge in [-0.15, -0.1) is 0 Å². The minimum absolute atomic E-state index is 0.124. The van der Waals surface area contributed by atoms with Crippen molar-refractivity contribution in [3.8, 4) is 0 Å². The summed E-state index contributed by atoms with van der Waals surface area (Å²) < 4.78 is 16.9. The maximum atomic E-state index is 14.1. The summed E-state index contributed by atoms with van der Waals surface area (Å²) in [6, 6.07) is 9.28. The van der Waals surface area contributed by atoms with Gasteiger partial charge in [0.25, 0.3) is 0 Å². The number of carbonyl (C=O) groups excluding carboxylic acids is 3. The van der Waals surface area contributed by atoms with E-state index in [-0.39, 0.29) is 19.4 Å². The molecule has 1 saturated heterocycles. The van der Waals surface area contributed by atoms with E-state index in [9.17, 15) is 14.4 Å². The van der Waals surface area contributed by atoms with Crippen molar-refractivity contribution in [2.75, 3.05) is 6.61 Å². The summed E-state index contributed by atoms with van der Waals surface area (Å²) in [5.41, 5.74) is 2.18. The topological polar surface area (TPSA) is 98.9 Å². The second-order valence-corrected chi connectivity index (χ2v) is 13.7. The number of hydrogen-bond acceptors (Lipinski definition) is 7. The van der Waals surface area contributed by atoms with E-state index >= 15 is 0 Å². The highest BCUT2D eigenvalue weighted by molar-refractivity contribution is 5.96. The summed E-state index contributed by atoms with van der Waals surface area (Å²) in [6.07, 6.45) is 5.47. The molecule has 2 amide bonds. The monoisotopic (exact) mass is 564 g/mol. The molecule has 2 saturated carbocycles. The number of esters is 1. The van der Waals surface area contributed by atoms with Crippen molar-refractivity contribution < 1.29 is 28.4 Å². The molecule has 2 aromatic rings. The maximum absolute atomic E-state index is 14.1. The highest BCUT2D eigenvalue weighted by Crippen LogP contribution is 2.51. The number of nitrogens with zero attached hydrogens (tertiary/aromatic N) is 2. The molecule has 2 aliphatic carbocycles. The van der Waals surface area contributed by atoms with Crippen LogP contribution in [0.2, 0.25) is 0 Å². The number of carbonyl (C=O) groups is 3. The molecule has 0 bridgehead atoms. The molecule has 3 aliphatic rings. The maximum Gasteiger partial charge on any atom is 0.416 e. The fourth-order valence-electron chi connectivity index (χ4n) is 6.43. The predicted octanol–water partition coefficient (Wildman–Crippen LogP) is 6.57. The zero-order valence-electron chi connectivity index (χ0n) is 25.1. The number of amides is 2. The van der Waals surface area contributed by atoms with Crippen LogP contribution in [0.3, 0.4) is 0 Å². The third kappa shape index (κ3) is 7.19. The number of ether oxygens (including phenoxy) is 2. The lowest BCUT2D eigenvalue weighted by molar-refractivity contribution is -0.158. The molecule has 222 valence electrons. The SMILES string of the molecule is CC(C)C[C@H]1C[C@@H](c2onc(C[C@H](CC(=O)OC(C)(C)C)C(=O)N3C(=O)OC[C@@H]3Cc3ccccc3)c2C2CC2)C1. The van der Waals surface area contributed by atoms with E-state index in [0.717, 1.165) is 48.3 Å². The van der Waals surface area contributed by atoms with Gasteiger partial charge in [0.15, 0.2) is 0 Å². The van der Waals surface area contributed by atoms with Crippen LogP contribution in [0.25, 0.3) is 0 Å². The molecular weight excluding hydrogens is 520 g/mol. The number of imide groups is 1. The number of hydrogen-bond donors (Lipinski definition) is 0. The van der Waals surface area contributed by atoms with Gasteiger partial charge in [0.1, 0.15) is 18.0 Å². The molecule has 0 unspecified atom stereocenters. The van der Waals surface area contributed by atoms with Gasteiger partial charge in [0, 0.05) is 17.9 Å². The Bertz CT molecular complexity index is 1240. The van der Waals surface area contributed by atoms with Crippen LogP contribution in [-0.4, -0.2) is 46.3 Å². The first-order valence-electron chi connectivity index (χ1n) is 15.2. The van der Waals surface area contributed by atoms with Gasteiger partial charge in [0.05, 0.1) is 24.1 Å². The van der Waals surface area contributed by atoms with E-state index in [0.29, 0.717) is 30.1 Å². The van der Waals surface area contributed by atoms with Crippen molar-refractivity contribution in [2.45, 2.75) is 109 Å². The molecule has 1 aromatic carbocycles. The van der Waals surface area contributed by atoms with E-state index in [1.165, 1.54) is 11.3 Å². The Kier molecular flexibility index (Phi) is 8.57. The Morgan fingerprint density at radius 1 is 1.10 bits per heavy atom. The Balaban J connectivity index is 1.38. The van der Waals surface area contributed by atoms with Gasteiger partial charge in [-0.1, -0.05) is 49.3 Å². The molecule has 41 heavy (non-hydrogen) atoms. The lowest BCUT2D eigenvalue weighted by atomic mass is 9.69. The smallest absolute Gasteiger partial charge is 0.416 e. The third-order valence-electron chi connectivity index (χ3n) is 8.36. The van der Waals surface area contributed by atoms with Crippen molar-refractivity contribution in [3.63, 3.8) is 0 Å². The number of cyclic esters (lactones) is 1. The molecule has 1 aromatic heterocycles. The Morgan fingerprint density at radius 2 is 1.80 bits per heavy atom. The predicted molar refractivity (Wildman–Crippen MR) is 153 cm³/mol. The zero-order valence-corrected chi connectivity index (χ0v) is 25.1. The van der Waals surface area contributed by atoms with Gasteiger partial charge in [-0.05, 0) is 82.6 Å². The van der Waals surface area contributed by atoms with E-state index in [1.54, 1.807) is 20.8 Å². The lowest BCUT2D eigenvalue weighted by Crippen LogP contribution is -2.45. The first-order chi connectivity index (χ1) is 19.5. The standard InChI is InChI=1S/C33H44N2O6/c1-20(2)13-22-14-24(15-22)30-29(23-11-12-23)27(34-41-30)17-25(18-28(36)40-33(3,4)5)31(37)35-26(19-39-32(35)38)16-21-9-7-6-8-10-21/h6-10,20,22-26H,11-19H2,1-5H3/t22-,24+,25-,26+/m1/s1. The Morgan fingerprint density at radius 3 is 2.44 bits per heavy atom. The minimum Gasteiger partial charge on any atom is -0.460 e. The van der Waals surface area contributed by atoms with Gasteiger partial charge < -0.3 is 14.0 Å². The Labute approximate surface area is 243 Å². The van der Waals surface area contributed by atoms with Gasteiger partial charge in [0.2, 0.25) is 5.91 Å². The van der Waals surface area contributed by atoms with Crippen LogP contribution < -0.4 is 0 Å². The van der Waals surface area contributed by atoms with Crippen LogP contribution in [0.4, 0.5) is 4.79 Å². The summed E-state index contributed by atoms with van der Waals surface area (Å²) in [4.78, 5) is 41.1. The van der Waals surface area contributed by atoms with E-state index in [4.69, 9.17) is 14.0 Å². The van der Waals surface area contributed by atoms with Crippen LogP contribution in [0, 0.1) is 17.8 Å². The first kappa shape index (κ1) is 29.3. The quantitative estimate of drug-likeness (QED) is 0.285. The average molecular weight is 565 g/mol. The average Bonchev–Trinajstić information content (AvgIpc) is 3.53. The van der Waals surface area contributed by atoms with Crippen LogP contribution in [-0.2, 0) is 31.9 Å². The van der Waals surface area contributed by atoms with E-state index in [1.807, 2.05) is 30.3 Å². The molecule has 3 fully saturated rings. The molecule has 0 radical (unpaired) electrons. The molecule has 1 aliphatic heterocycles. The van der Waals surface area contributed by atoms with E-state index < -0.39 is 35.5 Å². The van der Waals surface area contributed by atoms with Crippen molar-refractivity contribution in [3.05, 3.63) is 52.9 Å². The molecular formula is C33H44N2O6. The number of benzene rings is 1. The third-order valence-corrected chi connectivity index (χ3v) is 8.36. The van der Waals surface area contributed by atoms with Crippen molar-refractivity contribution in [2.24, 2.45) is 17.8 Å². The summed E-state index contributed by atoms with van der Waals surface area (Å²) in [6.45, 7) is 10.1. The minimum atomic E-state index is -0.820. The molecule has 2 heterocycles. The summed E-state index contributed by atoms with van der Waals surface area (Å²) in [7, 11) is 0. The van der Waals surface area contributed by atoms with Gasteiger partial charge >= 0.3 is 12.1 Å². The van der Waals surface area contributed by atoms with Crippen LogP contribution >= 0.6 is 0 Å². The van der Waals surface area contributed by atoms with Crippen molar-refractivity contribution in [1.29, 1.82) is 0 Å². The summed E-state index contributed by atoms with van der Waals surface area (Å²) in [5.74, 6) is 1.38. The van der Waals surface area contributed by atoms with Crippen LogP contribution in [0.1, 0.15) is 108 Å². The Hall–Kier alpha value is -3.16. The fourth-order valence-corrected chi connectivity index (χ4v) is 6.43. The second-order valence-electron chi connectivity index (χ2n) is 13.7. The molecule has 8 heteroatoms. The summed E-state index contributed by atoms with van der Waals surface area (Å²) in [5, 5.41) is 4.49. The van der Waals surface area contributed by atoms with Gasteiger partial charge in [-0.25, -0.2) is 9.69 Å². The molecule has 2 atom stereocenters. The second kappa shape index (κ2) is 12.0. The molecule has 8 nitrogen and oxygen atoms in total. The lowest BCUT2D eigenvalue weighted by Gasteiger charge is -2.35. The van der Waals surface area contributed by atoms with Crippen LogP contribution in [0.5, 0.6) is 0 Å². The van der Waals surface area contributed by atoms with Gasteiger partial charge in [-0.2, -0.15) is 0 Å². The number of rotatable bonds is 11. The van der Waals surface area contributed by atoms with Crippen molar-refractivity contribution >= 4 is 18.0 Å². The highest BCUT2D eigenvalue weighted by atomic mass is 16.6. The van der Waals surface area contributed by atoms with Crippen molar-refractivity contribution in [1.82, 2.24) is 10.1 Å². The fraction of sp³-hybridized carbons (Fsp3) is 0.636. The molecule has 0 N–H and O–H groups in total. The largest absolute Gasteiger partial charge is 0.460 e. The normalized spacial score (nSPS) is 23.3. The molecule has 5 rings (SSSR count). The zero-order chi connectivity index (χ0) is 29.3. The highest BCUT2D eigenvalue weighted by Gasteiger charge is 2.44.